The predicted molar refractivity (Wildman–Crippen MR) is 146 cm³/mol. The maximum atomic E-state index is 15.4. The van der Waals surface area contributed by atoms with Gasteiger partial charge in [0, 0.05) is 21.5 Å². The summed E-state index contributed by atoms with van der Waals surface area (Å²) in [4.78, 5) is 0. The molecule has 0 spiro atoms. The highest BCUT2D eigenvalue weighted by Gasteiger charge is 2.49. The maximum absolute atomic E-state index is 15.4. The van der Waals surface area contributed by atoms with Crippen LogP contribution in [0.1, 0.15) is 22.3 Å². The summed E-state index contributed by atoms with van der Waals surface area (Å²) in [7, 11) is -9.54. The van der Waals surface area contributed by atoms with Crippen LogP contribution < -0.4 is 20.1 Å². The molecule has 0 aliphatic heterocycles. The molecule has 0 saturated heterocycles. The standard InChI is InChI=1S/C29H26F3O4PS/c1-19-13-20(2)16-23(15-19)37(33,24-17-21(3)14-22(4)18-24)28-12-8-6-10-26(28)25-9-5-7-11-27(25)36-38(34,35)29(30,31)32/h5-18H,1-4H3. The van der Waals surface area contributed by atoms with Crippen molar-refractivity contribution in [3.8, 4) is 16.9 Å². The smallest absolute Gasteiger partial charge is 0.375 e. The van der Waals surface area contributed by atoms with Gasteiger partial charge in [-0.3, -0.25) is 0 Å². The van der Waals surface area contributed by atoms with Crippen LogP contribution in [0.3, 0.4) is 0 Å². The Bertz CT molecular complexity index is 1580. The Hall–Kier alpha value is -3.35. The van der Waals surface area contributed by atoms with Gasteiger partial charge in [-0.25, -0.2) is 0 Å². The lowest BCUT2D eigenvalue weighted by molar-refractivity contribution is -0.0499. The molecular formula is C29H26F3O4PS. The molecule has 0 heterocycles. The molecule has 4 aromatic rings. The lowest BCUT2D eigenvalue weighted by atomic mass is 10.0. The average molecular weight is 559 g/mol. The van der Waals surface area contributed by atoms with E-state index in [0.717, 1.165) is 28.3 Å². The summed E-state index contributed by atoms with van der Waals surface area (Å²) < 4.78 is 83.2. The number of alkyl halides is 3. The normalized spacial score (nSPS) is 12.4. The van der Waals surface area contributed by atoms with Crippen molar-refractivity contribution in [2.45, 2.75) is 33.2 Å². The van der Waals surface area contributed by atoms with E-state index in [-0.39, 0.29) is 5.56 Å². The number of hydrogen-bond donors (Lipinski definition) is 0. The largest absolute Gasteiger partial charge is 0.534 e. The Morgan fingerprint density at radius 2 is 1.08 bits per heavy atom. The van der Waals surface area contributed by atoms with E-state index in [0.29, 0.717) is 21.5 Å². The second-order valence-electron chi connectivity index (χ2n) is 9.30. The molecule has 0 bridgehead atoms. The van der Waals surface area contributed by atoms with Crippen molar-refractivity contribution in [2.24, 2.45) is 0 Å². The first kappa shape index (κ1) is 27.7. The summed E-state index contributed by atoms with van der Waals surface area (Å²) in [5, 5.41) is 1.48. The second kappa shape index (κ2) is 10.1. The molecule has 0 aliphatic carbocycles. The number of benzene rings is 4. The van der Waals surface area contributed by atoms with Crippen LogP contribution in [0.25, 0.3) is 11.1 Å². The number of para-hydroxylation sites is 1. The summed E-state index contributed by atoms with van der Waals surface area (Å²) >= 11 is 0. The highest BCUT2D eigenvalue weighted by Crippen LogP contribution is 2.47. The number of halogens is 3. The summed E-state index contributed by atoms with van der Waals surface area (Å²) in [5.41, 5.74) is -1.60. The monoisotopic (exact) mass is 558 g/mol. The van der Waals surface area contributed by atoms with Crippen LogP contribution in [-0.4, -0.2) is 13.9 Å². The second-order valence-corrected chi connectivity index (χ2v) is 13.6. The zero-order valence-electron chi connectivity index (χ0n) is 21.2. The maximum Gasteiger partial charge on any atom is 0.534 e. The van der Waals surface area contributed by atoms with Crippen LogP contribution in [0.4, 0.5) is 13.2 Å². The van der Waals surface area contributed by atoms with E-state index in [1.165, 1.54) is 12.1 Å². The quantitative estimate of drug-likeness (QED) is 0.155. The predicted octanol–water partition coefficient (Wildman–Crippen LogP) is 6.46. The number of rotatable bonds is 6. The minimum Gasteiger partial charge on any atom is -0.375 e. The van der Waals surface area contributed by atoms with Gasteiger partial charge in [0.2, 0.25) is 0 Å². The van der Waals surface area contributed by atoms with Gasteiger partial charge in [0.05, 0.1) is 0 Å². The topological polar surface area (TPSA) is 60.4 Å². The molecule has 0 atom stereocenters. The number of hydrogen-bond acceptors (Lipinski definition) is 4. The lowest BCUT2D eigenvalue weighted by Gasteiger charge is -2.25. The van der Waals surface area contributed by atoms with Crippen LogP contribution >= 0.6 is 7.14 Å². The van der Waals surface area contributed by atoms with Gasteiger partial charge >= 0.3 is 15.6 Å². The Labute approximate surface area is 220 Å². The molecule has 0 unspecified atom stereocenters. The summed E-state index contributed by atoms with van der Waals surface area (Å²) in [6.07, 6.45) is 0. The van der Waals surface area contributed by atoms with E-state index in [2.05, 4.69) is 4.18 Å². The first-order valence-electron chi connectivity index (χ1n) is 11.7. The first-order chi connectivity index (χ1) is 17.7. The highest BCUT2D eigenvalue weighted by molar-refractivity contribution is 7.88. The van der Waals surface area contributed by atoms with E-state index >= 15 is 4.57 Å². The molecule has 9 heteroatoms. The van der Waals surface area contributed by atoms with Crippen LogP contribution in [0, 0.1) is 27.7 Å². The van der Waals surface area contributed by atoms with Crippen LogP contribution in [0.2, 0.25) is 0 Å². The van der Waals surface area contributed by atoms with Gasteiger partial charge in [-0.05, 0) is 63.6 Å². The van der Waals surface area contributed by atoms with Crippen molar-refractivity contribution in [1.29, 1.82) is 0 Å². The van der Waals surface area contributed by atoms with Crippen molar-refractivity contribution in [2.75, 3.05) is 0 Å². The van der Waals surface area contributed by atoms with Crippen LogP contribution in [-0.2, 0) is 14.7 Å². The minimum atomic E-state index is -5.93. The molecule has 0 N–H and O–H groups in total. The lowest BCUT2D eigenvalue weighted by Crippen LogP contribution is -2.29. The average Bonchev–Trinajstić information content (AvgIpc) is 2.82. The van der Waals surface area contributed by atoms with Gasteiger partial charge in [-0.1, -0.05) is 76.9 Å². The zero-order chi connectivity index (χ0) is 27.9. The molecule has 4 aromatic carbocycles. The summed E-state index contributed by atoms with van der Waals surface area (Å²) in [6, 6.07) is 23.5. The third-order valence-corrected chi connectivity index (χ3v) is 10.0. The van der Waals surface area contributed by atoms with E-state index < -0.39 is 28.5 Å². The zero-order valence-corrected chi connectivity index (χ0v) is 22.9. The Kier molecular flexibility index (Phi) is 7.34. The van der Waals surface area contributed by atoms with Gasteiger partial charge in [0.15, 0.2) is 12.9 Å². The van der Waals surface area contributed by atoms with E-state index in [9.17, 15) is 21.6 Å². The van der Waals surface area contributed by atoms with Gasteiger partial charge in [-0.15, -0.1) is 0 Å². The van der Waals surface area contributed by atoms with Gasteiger partial charge in [0.1, 0.15) is 0 Å². The SMILES string of the molecule is Cc1cc(C)cc(P(=O)(c2cc(C)cc(C)c2)c2ccccc2-c2ccccc2OS(=O)(=O)C(F)(F)F)c1. The van der Waals surface area contributed by atoms with E-state index in [1.807, 2.05) is 64.1 Å². The fourth-order valence-corrected chi connectivity index (χ4v) is 8.30. The first-order valence-corrected chi connectivity index (χ1v) is 14.8. The molecular weight excluding hydrogens is 532 g/mol. The Morgan fingerprint density at radius 3 is 1.55 bits per heavy atom. The summed E-state index contributed by atoms with van der Waals surface area (Å²) in [5.74, 6) is -0.510. The molecule has 0 amide bonds. The van der Waals surface area contributed by atoms with Crippen molar-refractivity contribution in [3.63, 3.8) is 0 Å². The highest BCUT2D eigenvalue weighted by atomic mass is 32.2. The fourth-order valence-electron chi connectivity index (χ4n) is 4.60. The third-order valence-electron chi connectivity index (χ3n) is 6.04. The molecule has 0 fully saturated rings. The molecule has 198 valence electrons. The molecule has 38 heavy (non-hydrogen) atoms. The van der Waals surface area contributed by atoms with Gasteiger partial charge < -0.3 is 8.75 Å². The van der Waals surface area contributed by atoms with Gasteiger partial charge in [0.25, 0.3) is 0 Å². The Balaban J connectivity index is 2.05. The Morgan fingerprint density at radius 1 is 0.658 bits per heavy atom. The van der Waals surface area contributed by atoms with E-state index in [4.69, 9.17) is 0 Å². The minimum absolute atomic E-state index is 0.0740. The molecule has 0 aliphatic rings. The molecule has 0 aromatic heterocycles. The molecule has 0 saturated carbocycles. The van der Waals surface area contributed by atoms with Crippen molar-refractivity contribution < 1.29 is 30.3 Å². The molecule has 4 nitrogen and oxygen atoms in total. The van der Waals surface area contributed by atoms with Crippen LogP contribution in [0.15, 0.2) is 84.9 Å². The van der Waals surface area contributed by atoms with Crippen molar-refractivity contribution in [3.05, 3.63) is 107 Å². The third kappa shape index (κ3) is 5.29. The fraction of sp³-hybridized carbons (Fsp3) is 0.172. The number of aryl methyl sites for hydroxylation is 4. The summed E-state index contributed by atoms with van der Waals surface area (Å²) in [6.45, 7) is 7.61. The molecule has 0 radical (unpaired) electrons. The molecule has 4 rings (SSSR count). The van der Waals surface area contributed by atoms with Crippen molar-refractivity contribution >= 4 is 33.2 Å². The van der Waals surface area contributed by atoms with Crippen molar-refractivity contribution in [1.82, 2.24) is 0 Å². The van der Waals surface area contributed by atoms with E-state index in [1.54, 1.807) is 30.3 Å². The van der Waals surface area contributed by atoms with Gasteiger partial charge in [-0.2, -0.15) is 21.6 Å². The van der Waals surface area contributed by atoms with Crippen LogP contribution in [0.5, 0.6) is 5.75 Å².